The highest BCUT2D eigenvalue weighted by Crippen LogP contribution is 2.47. The van der Waals surface area contributed by atoms with E-state index in [0.29, 0.717) is 54.9 Å². The predicted octanol–water partition coefficient (Wildman–Crippen LogP) is 2.73. The van der Waals surface area contributed by atoms with Gasteiger partial charge in [0, 0.05) is 37.8 Å². The van der Waals surface area contributed by atoms with Crippen molar-refractivity contribution in [1.29, 1.82) is 5.26 Å². The molecule has 1 aliphatic carbocycles. The van der Waals surface area contributed by atoms with Gasteiger partial charge in [0.05, 0.1) is 23.7 Å². The molecule has 1 aromatic heterocycles. The van der Waals surface area contributed by atoms with E-state index in [1.54, 1.807) is 31.1 Å². The van der Waals surface area contributed by atoms with Gasteiger partial charge in [0.25, 0.3) is 11.8 Å². The van der Waals surface area contributed by atoms with E-state index < -0.39 is 23.0 Å². The molecule has 50 heavy (non-hydrogen) atoms. The number of carbonyl (C=O) groups excluding carboxylic acids is 3. The quantitative estimate of drug-likeness (QED) is 0.211. The number of likely N-dealkylation sites (tertiary alicyclic amines) is 1. The Bertz CT molecular complexity index is 1980. The first-order valence-corrected chi connectivity index (χ1v) is 16.7. The van der Waals surface area contributed by atoms with Gasteiger partial charge in [-0.15, -0.1) is 5.10 Å². The number of nitrogens with zero attached hydrogens (tertiary/aromatic N) is 4. The summed E-state index contributed by atoms with van der Waals surface area (Å²) in [5, 5.41) is 23.1. The molecule has 6 rings (SSSR count). The maximum atomic E-state index is 13.9. The molecule has 258 valence electrons. The van der Waals surface area contributed by atoms with Crippen molar-refractivity contribution in [2.75, 3.05) is 27.2 Å². The highest BCUT2D eigenvalue weighted by atomic mass is 19.1. The van der Waals surface area contributed by atoms with Crippen molar-refractivity contribution in [2.45, 2.75) is 56.5 Å². The number of hydrogen-bond donors (Lipinski definition) is 4. The molecule has 12 nitrogen and oxygen atoms in total. The molecule has 2 heterocycles. The maximum absolute atomic E-state index is 13.9. The summed E-state index contributed by atoms with van der Waals surface area (Å²) in [7, 11) is 3.13. The first-order valence-electron chi connectivity index (χ1n) is 16.7. The number of nitriles is 1. The second-order valence-electron chi connectivity index (χ2n) is 12.8. The number of halogens is 1. The van der Waals surface area contributed by atoms with Crippen LogP contribution < -0.4 is 21.6 Å². The van der Waals surface area contributed by atoms with Gasteiger partial charge in [-0.05, 0) is 110 Å². The second kappa shape index (κ2) is 14.1. The SMILES string of the molecule is CNC(=O)c1ccc2c(c1)CCc1cc(C(=O)NC)ccc1C2(C[C@@H](C)NCC(=O)N1CCCC1C#N)c1nn(-c2ccc(F)cc2)c(=O)[nH]1. The zero-order chi connectivity index (χ0) is 35.6. The number of aromatic nitrogens is 3. The van der Waals surface area contributed by atoms with Crippen LogP contribution in [-0.2, 0) is 23.1 Å². The fourth-order valence-electron chi connectivity index (χ4n) is 7.36. The number of rotatable bonds is 9. The van der Waals surface area contributed by atoms with Gasteiger partial charge in [0.1, 0.15) is 17.7 Å². The van der Waals surface area contributed by atoms with E-state index in [0.717, 1.165) is 28.7 Å². The van der Waals surface area contributed by atoms with Crippen LogP contribution in [0.3, 0.4) is 0 Å². The first-order chi connectivity index (χ1) is 24.1. The van der Waals surface area contributed by atoms with Crippen LogP contribution in [0.4, 0.5) is 4.39 Å². The molecule has 3 aromatic carbocycles. The lowest BCUT2D eigenvalue weighted by Gasteiger charge is -2.37. The van der Waals surface area contributed by atoms with E-state index in [1.165, 1.54) is 28.9 Å². The maximum Gasteiger partial charge on any atom is 0.348 e. The molecular formula is C37H39FN8O4. The normalized spacial score (nSPS) is 16.8. The number of nitrogens with one attached hydrogen (secondary N) is 4. The van der Waals surface area contributed by atoms with Crippen LogP contribution in [-0.4, -0.2) is 76.7 Å². The van der Waals surface area contributed by atoms with Gasteiger partial charge in [-0.2, -0.15) is 9.94 Å². The molecule has 1 saturated heterocycles. The Hall–Kier alpha value is -5.61. The number of fused-ring (bicyclic) bond motifs is 2. The Morgan fingerprint density at radius 2 is 1.60 bits per heavy atom. The number of hydrogen-bond acceptors (Lipinski definition) is 7. The summed E-state index contributed by atoms with van der Waals surface area (Å²) >= 11 is 0. The molecule has 4 aromatic rings. The number of carbonyl (C=O) groups is 3. The van der Waals surface area contributed by atoms with Crippen LogP contribution in [0, 0.1) is 17.1 Å². The van der Waals surface area contributed by atoms with Crippen LogP contribution in [0.15, 0.2) is 65.5 Å². The van der Waals surface area contributed by atoms with Crippen molar-refractivity contribution >= 4 is 17.7 Å². The van der Waals surface area contributed by atoms with Crippen molar-refractivity contribution in [3.8, 4) is 11.8 Å². The molecule has 0 radical (unpaired) electrons. The smallest absolute Gasteiger partial charge is 0.348 e. The summed E-state index contributed by atoms with van der Waals surface area (Å²) in [6.07, 6.45) is 2.78. The van der Waals surface area contributed by atoms with Gasteiger partial charge >= 0.3 is 5.69 Å². The van der Waals surface area contributed by atoms with E-state index in [1.807, 2.05) is 31.2 Å². The van der Waals surface area contributed by atoms with E-state index in [9.17, 15) is 28.8 Å². The van der Waals surface area contributed by atoms with Crippen molar-refractivity contribution < 1.29 is 18.8 Å². The Kier molecular flexibility index (Phi) is 9.65. The van der Waals surface area contributed by atoms with E-state index >= 15 is 0 Å². The third-order valence-electron chi connectivity index (χ3n) is 9.80. The second-order valence-corrected chi connectivity index (χ2v) is 12.8. The number of amides is 3. The molecular weight excluding hydrogens is 639 g/mol. The monoisotopic (exact) mass is 678 g/mol. The van der Waals surface area contributed by atoms with Crippen LogP contribution in [0.5, 0.6) is 0 Å². The molecule has 2 atom stereocenters. The molecule has 4 N–H and O–H groups in total. The summed E-state index contributed by atoms with van der Waals surface area (Å²) in [4.78, 5) is 57.1. The molecule has 1 aliphatic heterocycles. The Labute approximate surface area is 288 Å². The van der Waals surface area contributed by atoms with Crippen LogP contribution in [0.1, 0.15) is 75.0 Å². The molecule has 3 amide bonds. The molecule has 0 saturated carbocycles. The molecule has 0 spiro atoms. The van der Waals surface area contributed by atoms with Crippen LogP contribution in [0.25, 0.3) is 5.69 Å². The number of benzene rings is 3. The Morgan fingerprint density at radius 3 is 2.16 bits per heavy atom. The van der Waals surface area contributed by atoms with Gasteiger partial charge < -0.3 is 20.9 Å². The van der Waals surface area contributed by atoms with Crippen LogP contribution in [0.2, 0.25) is 0 Å². The Morgan fingerprint density at radius 1 is 1.00 bits per heavy atom. The molecule has 2 aliphatic rings. The summed E-state index contributed by atoms with van der Waals surface area (Å²) in [6, 6.07) is 17.8. The number of aromatic amines is 1. The molecule has 1 unspecified atom stereocenters. The van der Waals surface area contributed by atoms with Gasteiger partial charge in [-0.25, -0.2) is 9.18 Å². The summed E-state index contributed by atoms with van der Waals surface area (Å²) < 4.78 is 15.0. The zero-order valence-electron chi connectivity index (χ0n) is 28.2. The predicted molar refractivity (Wildman–Crippen MR) is 184 cm³/mol. The number of aryl methyl sites for hydroxylation is 2. The summed E-state index contributed by atoms with van der Waals surface area (Å²) in [5.74, 6) is -0.815. The van der Waals surface area contributed by atoms with Crippen molar-refractivity contribution in [2.24, 2.45) is 0 Å². The van der Waals surface area contributed by atoms with Crippen molar-refractivity contribution in [3.05, 3.63) is 116 Å². The molecule has 13 heteroatoms. The van der Waals surface area contributed by atoms with Gasteiger partial charge in [0.2, 0.25) is 5.91 Å². The summed E-state index contributed by atoms with van der Waals surface area (Å²) in [5.41, 5.74) is 2.95. The van der Waals surface area contributed by atoms with Gasteiger partial charge in [-0.1, -0.05) is 12.1 Å². The first kappa shape index (κ1) is 34.3. The molecule has 0 bridgehead atoms. The lowest BCUT2D eigenvalue weighted by Crippen LogP contribution is -2.45. The Balaban J connectivity index is 1.53. The van der Waals surface area contributed by atoms with E-state index in [-0.39, 0.29) is 30.3 Å². The van der Waals surface area contributed by atoms with Crippen LogP contribution >= 0.6 is 0 Å². The average Bonchev–Trinajstić information content (AvgIpc) is 3.75. The standard InChI is InChI=1S/C37H39FN8O4/c1-22(42-21-32(47)45-16-4-5-29(45)20-39)19-37(35-43-36(50)46(44-35)28-12-10-27(38)11-13-28)30-14-8-25(33(48)40-2)17-23(30)6-7-24-18-26(34(49)41-3)9-15-31(24)37/h8-15,17-18,22,29,42H,4-7,16,19,21H2,1-3H3,(H,40,48)(H,41,49)(H,43,44,50)/t22-,29?/m1/s1. The van der Waals surface area contributed by atoms with Crippen molar-refractivity contribution in [3.63, 3.8) is 0 Å². The van der Waals surface area contributed by atoms with E-state index in [4.69, 9.17) is 5.10 Å². The third-order valence-corrected chi connectivity index (χ3v) is 9.80. The van der Waals surface area contributed by atoms with Gasteiger partial charge in [-0.3, -0.25) is 19.4 Å². The highest BCUT2D eigenvalue weighted by molar-refractivity contribution is 5.95. The number of H-pyrrole nitrogens is 1. The third kappa shape index (κ3) is 6.30. The lowest BCUT2D eigenvalue weighted by atomic mass is 9.67. The van der Waals surface area contributed by atoms with E-state index in [2.05, 4.69) is 27.0 Å². The van der Waals surface area contributed by atoms with Gasteiger partial charge in [0.15, 0.2) is 0 Å². The fourth-order valence-corrected chi connectivity index (χ4v) is 7.36. The summed E-state index contributed by atoms with van der Waals surface area (Å²) in [6.45, 7) is 2.47. The highest BCUT2D eigenvalue weighted by Gasteiger charge is 2.45. The van der Waals surface area contributed by atoms with Crippen molar-refractivity contribution in [1.82, 2.24) is 35.6 Å². The fraction of sp³-hybridized carbons (Fsp3) is 0.351. The minimum Gasteiger partial charge on any atom is -0.355 e. The average molecular weight is 679 g/mol. The largest absolute Gasteiger partial charge is 0.355 e. The topological polar surface area (TPSA) is 165 Å². The lowest BCUT2D eigenvalue weighted by molar-refractivity contribution is -0.130. The minimum atomic E-state index is -1.15. The molecule has 1 fully saturated rings. The minimum absolute atomic E-state index is 0.000892. The zero-order valence-corrected chi connectivity index (χ0v) is 28.2.